The Morgan fingerprint density at radius 2 is 2.12 bits per heavy atom. The van der Waals surface area contributed by atoms with Gasteiger partial charge in [0.2, 0.25) is 0 Å². The number of hydrogen-bond acceptors (Lipinski definition) is 4. The highest BCUT2D eigenvalue weighted by atomic mass is 32.2. The first-order valence-corrected chi connectivity index (χ1v) is 8.74. The molecule has 2 heterocycles. The van der Waals surface area contributed by atoms with Gasteiger partial charge >= 0.3 is 6.18 Å². The summed E-state index contributed by atoms with van der Waals surface area (Å²) < 4.78 is 52.3. The van der Waals surface area contributed by atoms with E-state index in [1.54, 1.807) is 11.2 Å². The number of aromatic nitrogens is 2. The predicted octanol–water partition coefficient (Wildman–Crippen LogP) is 3.21. The number of aromatic amines is 1. The normalized spacial score (nSPS) is 15.2. The van der Waals surface area contributed by atoms with Crippen LogP contribution in [0.1, 0.15) is 22.4 Å². The summed E-state index contributed by atoms with van der Waals surface area (Å²) in [6.07, 6.45) is -2.23. The summed E-state index contributed by atoms with van der Waals surface area (Å²) in [5.41, 5.74) is -0.0114. The molecule has 2 aromatic rings. The van der Waals surface area contributed by atoms with Crippen molar-refractivity contribution in [3.63, 3.8) is 0 Å². The van der Waals surface area contributed by atoms with Gasteiger partial charge in [0.05, 0.1) is 16.8 Å². The third-order valence-electron chi connectivity index (χ3n) is 4.09. The van der Waals surface area contributed by atoms with E-state index in [1.165, 1.54) is 11.8 Å². The zero-order valence-electron chi connectivity index (χ0n) is 13.3. The third kappa shape index (κ3) is 3.87. The molecule has 25 heavy (non-hydrogen) atoms. The Hall–Kier alpha value is -1.87. The van der Waals surface area contributed by atoms with Gasteiger partial charge < -0.3 is 4.98 Å². The van der Waals surface area contributed by atoms with E-state index in [4.69, 9.17) is 0 Å². The lowest BCUT2D eigenvalue weighted by atomic mass is 10.0. The monoisotopic (exact) mass is 373 g/mol. The van der Waals surface area contributed by atoms with Crippen molar-refractivity contribution < 1.29 is 17.6 Å². The standard InChI is InChI=1S/C16H15F4N3OS/c1-25-15-21-13-4-5-23(8-11(13)14(24)22-15)7-9-6-10(16(18,19)20)2-3-12(9)17/h2-3,6H,4-5,7-8H2,1H3,(H,21,22,24). The molecule has 1 aliphatic rings. The number of halogens is 4. The number of fused-ring (bicyclic) bond motifs is 1. The van der Waals surface area contributed by atoms with E-state index in [-0.39, 0.29) is 24.2 Å². The average Bonchev–Trinajstić information content (AvgIpc) is 2.56. The van der Waals surface area contributed by atoms with Crippen LogP contribution in [0.3, 0.4) is 0 Å². The molecule has 1 N–H and O–H groups in total. The zero-order valence-corrected chi connectivity index (χ0v) is 14.1. The van der Waals surface area contributed by atoms with Crippen LogP contribution >= 0.6 is 11.8 Å². The highest BCUT2D eigenvalue weighted by molar-refractivity contribution is 7.98. The number of benzene rings is 1. The number of nitrogens with zero attached hydrogens (tertiary/aromatic N) is 2. The molecule has 0 aliphatic carbocycles. The second kappa shape index (κ2) is 6.80. The van der Waals surface area contributed by atoms with Gasteiger partial charge in [-0.05, 0) is 24.5 Å². The minimum absolute atomic E-state index is 0.00108. The molecule has 1 aromatic heterocycles. The fourth-order valence-corrected chi connectivity index (χ4v) is 3.20. The molecule has 1 aliphatic heterocycles. The van der Waals surface area contributed by atoms with E-state index in [2.05, 4.69) is 9.97 Å². The molecule has 0 radical (unpaired) electrons. The first-order chi connectivity index (χ1) is 11.8. The fraction of sp³-hybridized carbons (Fsp3) is 0.375. The number of rotatable bonds is 3. The SMILES string of the molecule is CSc1nc2c(c(=O)[nH]1)CN(Cc1cc(C(F)(F)F)ccc1F)CC2. The summed E-state index contributed by atoms with van der Waals surface area (Å²) in [5, 5.41) is 0.529. The van der Waals surface area contributed by atoms with E-state index >= 15 is 0 Å². The molecule has 0 saturated heterocycles. The Labute approximate surface area is 145 Å². The molecular formula is C16H15F4N3OS. The summed E-state index contributed by atoms with van der Waals surface area (Å²) in [6, 6.07) is 2.38. The van der Waals surface area contributed by atoms with Crippen LogP contribution in [0.4, 0.5) is 17.6 Å². The number of H-pyrrole nitrogens is 1. The molecule has 9 heteroatoms. The summed E-state index contributed by atoms with van der Waals surface area (Å²) in [5.74, 6) is -0.691. The Morgan fingerprint density at radius 1 is 1.36 bits per heavy atom. The van der Waals surface area contributed by atoms with Crippen LogP contribution in [0.2, 0.25) is 0 Å². The van der Waals surface area contributed by atoms with Crippen LogP contribution < -0.4 is 5.56 Å². The van der Waals surface area contributed by atoms with Gasteiger partial charge in [0, 0.05) is 31.6 Å². The molecule has 4 nitrogen and oxygen atoms in total. The number of alkyl halides is 3. The summed E-state index contributed by atoms with van der Waals surface area (Å²) in [6.45, 7) is 0.716. The first-order valence-electron chi connectivity index (χ1n) is 7.52. The number of hydrogen-bond donors (Lipinski definition) is 1. The Morgan fingerprint density at radius 3 is 2.80 bits per heavy atom. The molecule has 0 amide bonds. The van der Waals surface area contributed by atoms with Gasteiger partial charge in [0.25, 0.3) is 5.56 Å². The Balaban J connectivity index is 1.83. The Kier molecular flexibility index (Phi) is 4.88. The maximum atomic E-state index is 13.9. The lowest BCUT2D eigenvalue weighted by Crippen LogP contribution is -2.35. The van der Waals surface area contributed by atoms with E-state index in [0.717, 1.165) is 18.2 Å². The highest BCUT2D eigenvalue weighted by Gasteiger charge is 2.31. The molecule has 134 valence electrons. The largest absolute Gasteiger partial charge is 0.416 e. The maximum Gasteiger partial charge on any atom is 0.416 e. The molecule has 0 atom stereocenters. The fourth-order valence-electron chi connectivity index (χ4n) is 2.80. The van der Waals surface area contributed by atoms with E-state index in [0.29, 0.717) is 29.4 Å². The van der Waals surface area contributed by atoms with Crippen LogP contribution in [-0.2, 0) is 25.7 Å². The van der Waals surface area contributed by atoms with E-state index in [9.17, 15) is 22.4 Å². The number of thioether (sulfide) groups is 1. The smallest absolute Gasteiger partial charge is 0.301 e. The van der Waals surface area contributed by atoms with Crippen molar-refractivity contribution in [1.29, 1.82) is 0 Å². The summed E-state index contributed by atoms with van der Waals surface area (Å²) in [4.78, 5) is 20.9. The Bertz CT molecular complexity index is 850. The molecule has 0 spiro atoms. The van der Waals surface area contributed by atoms with Crippen LogP contribution in [-0.4, -0.2) is 27.7 Å². The molecular weight excluding hydrogens is 358 g/mol. The highest BCUT2D eigenvalue weighted by Crippen LogP contribution is 2.31. The molecule has 3 rings (SSSR count). The van der Waals surface area contributed by atoms with E-state index in [1.807, 2.05) is 0 Å². The maximum absolute atomic E-state index is 13.9. The van der Waals surface area contributed by atoms with Gasteiger partial charge in [-0.2, -0.15) is 13.2 Å². The van der Waals surface area contributed by atoms with Crippen molar-refractivity contribution in [2.24, 2.45) is 0 Å². The van der Waals surface area contributed by atoms with Crippen molar-refractivity contribution in [3.8, 4) is 0 Å². The van der Waals surface area contributed by atoms with Gasteiger partial charge in [-0.15, -0.1) is 0 Å². The van der Waals surface area contributed by atoms with Crippen LogP contribution in [0.5, 0.6) is 0 Å². The number of nitrogens with one attached hydrogen (secondary N) is 1. The van der Waals surface area contributed by atoms with Crippen molar-refractivity contribution in [2.75, 3.05) is 12.8 Å². The topological polar surface area (TPSA) is 49.0 Å². The molecule has 1 aromatic carbocycles. The predicted molar refractivity (Wildman–Crippen MR) is 85.9 cm³/mol. The van der Waals surface area contributed by atoms with Gasteiger partial charge in [-0.3, -0.25) is 9.69 Å². The second-order valence-electron chi connectivity index (χ2n) is 5.77. The molecule has 0 fully saturated rings. The molecule has 0 unspecified atom stereocenters. The second-order valence-corrected chi connectivity index (χ2v) is 6.56. The lowest BCUT2D eigenvalue weighted by Gasteiger charge is -2.28. The van der Waals surface area contributed by atoms with Crippen molar-refractivity contribution in [1.82, 2.24) is 14.9 Å². The van der Waals surface area contributed by atoms with Gasteiger partial charge in [-0.1, -0.05) is 11.8 Å². The van der Waals surface area contributed by atoms with Gasteiger partial charge in [0.15, 0.2) is 5.16 Å². The first kappa shape index (κ1) is 17.9. The van der Waals surface area contributed by atoms with Crippen molar-refractivity contribution in [3.05, 3.63) is 56.8 Å². The van der Waals surface area contributed by atoms with Crippen LogP contribution in [0.15, 0.2) is 28.2 Å². The minimum atomic E-state index is -4.52. The van der Waals surface area contributed by atoms with Gasteiger partial charge in [0.1, 0.15) is 5.82 Å². The van der Waals surface area contributed by atoms with E-state index < -0.39 is 17.6 Å². The van der Waals surface area contributed by atoms with Gasteiger partial charge in [-0.25, -0.2) is 9.37 Å². The minimum Gasteiger partial charge on any atom is -0.301 e. The molecule has 0 bridgehead atoms. The molecule has 0 saturated carbocycles. The lowest BCUT2D eigenvalue weighted by molar-refractivity contribution is -0.137. The van der Waals surface area contributed by atoms with Crippen molar-refractivity contribution in [2.45, 2.75) is 30.8 Å². The quantitative estimate of drug-likeness (QED) is 0.510. The summed E-state index contributed by atoms with van der Waals surface area (Å²) >= 11 is 1.33. The average molecular weight is 373 g/mol. The van der Waals surface area contributed by atoms with Crippen molar-refractivity contribution >= 4 is 11.8 Å². The van der Waals surface area contributed by atoms with Crippen LogP contribution in [0.25, 0.3) is 0 Å². The van der Waals surface area contributed by atoms with Crippen LogP contribution in [0, 0.1) is 5.82 Å². The third-order valence-corrected chi connectivity index (χ3v) is 4.67. The summed E-state index contributed by atoms with van der Waals surface area (Å²) in [7, 11) is 0. The zero-order chi connectivity index (χ0) is 18.2.